The normalized spacial score (nSPS) is 23.1. The number of ether oxygens (including phenoxy) is 2. The van der Waals surface area contributed by atoms with Gasteiger partial charge < -0.3 is 0 Å². The van der Waals surface area contributed by atoms with Crippen molar-refractivity contribution in [3.05, 3.63) is 84.0 Å². The second-order valence-electron chi connectivity index (χ2n) is 7.39. The molecule has 0 spiro atoms. The Hall–Kier alpha value is -2.35. The van der Waals surface area contributed by atoms with Crippen LogP contribution in [0.4, 0.5) is 4.39 Å². The van der Waals surface area contributed by atoms with Gasteiger partial charge in [0.15, 0.2) is 0 Å². The van der Waals surface area contributed by atoms with Crippen LogP contribution in [0.1, 0.15) is 11.8 Å². The number of alkyl halides is 1. The molecule has 1 aliphatic heterocycles. The van der Waals surface area contributed by atoms with E-state index in [4.69, 9.17) is 21.1 Å². The average molecular weight is 518 g/mol. The Morgan fingerprint density at radius 3 is 2.56 bits per heavy atom. The van der Waals surface area contributed by atoms with E-state index in [1.54, 1.807) is 10.9 Å². The molecule has 0 N–H and O–H groups in total. The van der Waals surface area contributed by atoms with E-state index in [2.05, 4.69) is 15.0 Å². The molecule has 1 aliphatic rings. The van der Waals surface area contributed by atoms with Crippen molar-refractivity contribution in [2.45, 2.75) is 29.9 Å². The van der Waals surface area contributed by atoms with Crippen molar-refractivity contribution >= 4 is 42.2 Å². The molecule has 164 valence electrons. The van der Waals surface area contributed by atoms with Gasteiger partial charge >= 0.3 is 196 Å². The third-order valence-corrected chi connectivity index (χ3v) is 8.29. The van der Waals surface area contributed by atoms with Gasteiger partial charge in [-0.15, -0.1) is 0 Å². The molecule has 0 saturated carbocycles. The molecule has 4 atom stereocenters. The van der Waals surface area contributed by atoms with Gasteiger partial charge in [0, 0.05) is 0 Å². The molecule has 1 fully saturated rings. The van der Waals surface area contributed by atoms with Crippen molar-refractivity contribution in [1.82, 2.24) is 19.5 Å². The van der Waals surface area contributed by atoms with Crippen LogP contribution in [0.2, 0.25) is 9.97 Å². The van der Waals surface area contributed by atoms with E-state index in [1.165, 1.54) is 6.33 Å². The predicted molar refractivity (Wildman–Crippen MR) is 121 cm³/mol. The summed E-state index contributed by atoms with van der Waals surface area (Å²) >= 11 is 6.00. The summed E-state index contributed by atoms with van der Waals surface area (Å²) in [5.41, 5.74) is 2.04. The number of aromatic nitrogens is 4. The maximum absolute atomic E-state index is 15.7. The third-order valence-electron chi connectivity index (χ3n) is 5.26. The summed E-state index contributed by atoms with van der Waals surface area (Å²) in [6, 6.07) is 19.8. The topological polar surface area (TPSA) is 62.1 Å². The van der Waals surface area contributed by atoms with Crippen LogP contribution in [0.5, 0.6) is 0 Å². The maximum atomic E-state index is 15.7. The summed E-state index contributed by atoms with van der Waals surface area (Å²) in [4.78, 5) is 12.3. The fraction of sp³-hybridized carbons (Fsp3) is 0.261. The van der Waals surface area contributed by atoms with Gasteiger partial charge in [0.25, 0.3) is 0 Å². The Balaban J connectivity index is 1.39. The first-order chi connectivity index (χ1) is 15.7. The van der Waals surface area contributed by atoms with Crippen molar-refractivity contribution in [3.8, 4) is 0 Å². The number of fused-ring (bicyclic) bond motifs is 1. The molecule has 0 aliphatic carbocycles. The number of imidazole rings is 1. The van der Waals surface area contributed by atoms with Gasteiger partial charge in [-0.05, 0) is 0 Å². The molecule has 0 radical (unpaired) electrons. The monoisotopic (exact) mass is 518 g/mol. The van der Waals surface area contributed by atoms with Crippen molar-refractivity contribution in [3.63, 3.8) is 0 Å². The first-order valence-electron chi connectivity index (χ1n) is 10.2. The van der Waals surface area contributed by atoms with Gasteiger partial charge in [0.05, 0.1) is 0 Å². The van der Waals surface area contributed by atoms with E-state index in [0.717, 1.165) is 10.0 Å². The van der Waals surface area contributed by atoms with E-state index in [-0.39, 0.29) is 31.5 Å². The van der Waals surface area contributed by atoms with Crippen LogP contribution in [0.25, 0.3) is 11.2 Å². The standard InChI is InChI=1S/C23H20ClFN4O2Se/c24-21-19-22(27-13-26-21)29(14-28-19)23-20(32-16-9-5-2-6-10-16)18(25)17(31-23)12-30-11-15-7-3-1-4-8-15/h1-10,13-14,17-18,20,23H,11-12H2/t17-,18-,20-,23+/m1/s1. The fourth-order valence-electron chi connectivity index (χ4n) is 3.71. The van der Waals surface area contributed by atoms with Gasteiger partial charge in [0.1, 0.15) is 0 Å². The Morgan fingerprint density at radius 1 is 1.03 bits per heavy atom. The number of rotatable bonds is 7. The van der Waals surface area contributed by atoms with Gasteiger partial charge in [-0.2, -0.15) is 0 Å². The SMILES string of the molecule is F[C@H]1[C@@H]([Se]c2ccccc2)[C@@H](n2cnc3c(Cl)ncnc32)O[C@@H]1COCc1ccccc1. The quantitative estimate of drug-likeness (QED) is 0.276. The summed E-state index contributed by atoms with van der Waals surface area (Å²) in [5, 5.41) is 0.261. The molecule has 32 heavy (non-hydrogen) atoms. The summed E-state index contributed by atoms with van der Waals surface area (Å²) in [6.07, 6.45) is 0.540. The molecule has 0 unspecified atom stereocenters. The van der Waals surface area contributed by atoms with Gasteiger partial charge in [-0.25, -0.2) is 0 Å². The van der Waals surface area contributed by atoms with E-state index < -0.39 is 18.5 Å². The zero-order chi connectivity index (χ0) is 21.9. The van der Waals surface area contributed by atoms with Crippen molar-refractivity contribution in [2.75, 3.05) is 6.61 Å². The van der Waals surface area contributed by atoms with Gasteiger partial charge in [-0.3, -0.25) is 0 Å². The number of benzene rings is 2. The molecule has 1 saturated heterocycles. The van der Waals surface area contributed by atoms with Crippen LogP contribution in [0.3, 0.4) is 0 Å². The van der Waals surface area contributed by atoms with Gasteiger partial charge in [-0.1, -0.05) is 0 Å². The van der Waals surface area contributed by atoms with E-state index >= 15 is 4.39 Å². The Morgan fingerprint density at radius 2 is 1.78 bits per heavy atom. The molecule has 9 heteroatoms. The average Bonchev–Trinajstić information content (AvgIpc) is 3.38. The summed E-state index contributed by atoms with van der Waals surface area (Å²) in [5.74, 6) is 0. The number of hydrogen-bond acceptors (Lipinski definition) is 5. The fourth-order valence-corrected chi connectivity index (χ4v) is 6.50. The molecule has 4 aromatic rings. The molecule has 5 rings (SSSR count). The van der Waals surface area contributed by atoms with E-state index in [0.29, 0.717) is 17.8 Å². The molecule has 0 amide bonds. The first-order valence-corrected chi connectivity index (χ1v) is 12.4. The zero-order valence-corrected chi connectivity index (χ0v) is 19.4. The molecule has 6 nitrogen and oxygen atoms in total. The first kappa shape index (κ1) is 21.5. The summed E-state index contributed by atoms with van der Waals surface area (Å²) in [7, 11) is 0. The minimum atomic E-state index is -1.19. The Bertz CT molecular complexity index is 1180. The Labute approximate surface area is 195 Å². The zero-order valence-electron chi connectivity index (χ0n) is 16.9. The third kappa shape index (κ3) is 4.42. The van der Waals surface area contributed by atoms with Crippen molar-refractivity contribution in [2.24, 2.45) is 0 Å². The molecule has 2 aromatic heterocycles. The number of nitrogens with zero attached hydrogens (tertiary/aromatic N) is 4. The second-order valence-corrected chi connectivity index (χ2v) is 10.4. The molecule has 2 aromatic carbocycles. The predicted octanol–water partition coefficient (Wildman–Crippen LogP) is 3.75. The van der Waals surface area contributed by atoms with Crippen LogP contribution in [0, 0.1) is 0 Å². The molecule has 3 heterocycles. The van der Waals surface area contributed by atoms with E-state index in [1.807, 2.05) is 60.7 Å². The van der Waals surface area contributed by atoms with Crippen LogP contribution in [0.15, 0.2) is 73.3 Å². The van der Waals surface area contributed by atoms with E-state index in [9.17, 15) is 0 Å². The van der Waals surface area contributed by atoms with Crippen LogP contribution >= 0.6 is 11.6 Å². The van der Waals surface area contributed by atoms with Crippen LogP contribution in [-0.4, -0.2) is 53.4 Å². The summed E-state index contributed by atoms with van der Waals surface area (Å²) < 4.78 is 30.6. The summed E-state index contributed by atoms with van der Waals surface area (Å²) in [6.45, 7) is 0.569. The molecule has 0 bridgehead atoms. The van der Waals surface area contributed by atoms with Crippen molar-refractivity contribution < 1.29 is 13.9 Å². The van der Waals surface area contributed by atoms with Crippen LogP contribution in [-0.2, 0) is 16.1 Å². The number of hydrogen-bond donors (Lipinski definition) is 0. The second kappa shape index (κ2) is 9.65. The van der Waals surface area contributed by atoms with Crippen LogP contribution < -0.4 is 4.46 Å². The molecular weight excluding hydrogens is 498 g/mol. The molecular formula is C23H20ClFN4O2Se. The Kier molecular flexibility index (Phi) is 6.48. The number of halogens is 2. The van der Waals surface area contributed by atoms with Crippen molar-refractivity contribution in [1.29, 1.82) is 0 Å². The van der Waals surface area contributed by atoms with Gasteiger partial charge in [0.2, 0.25) is 0 Å². The minimum absolute atomic E-state index is 0.163.